The maximum atomic E-state index is 10.5. The van der Waals surface area contributed by atoms with Crippen LogP contribution in [0.25, 0.3) is 0 Å². The van der Waals surface area contributed by atoms with Crippen LogP contribution in [0.5, 0.6) is 0 Å². The first-order valence-corrected chi connectivity index (χ1v) is 4.99. The van der Waals surface area contributed by atoms with Gasteiger partial charge in [0.05, 0.1) is 5.54 Å². The highest BCUT2D eigenvalue weighted by Gasteiger charge is 2.39. The monoisotopic (exact) mass is 191 g/mol. The van der Waals surface area contributed by atoms with E-state index >= 15 is 0 Å². The van der Waals surface area contributed by atoms with Gasteiger partial charge in [0.15, 0.2) is 6.10 Å². The van der Waals surface area contributed by atoms with Gasteiger partial charge in [-0.25, -0.2) is 4.79 Å². The van der Waals surface area contributed by atoms with Crippen LogP contribution in [0.15, 0.2) is 0 Å². The minimum absolute atomic E-state index is 0.575. The molecule has 0 amide bonds. The van der Waals surface area contributed by atoms with Crippen molar-refractivity contribution in [3.8, 4) is 0 Å². The van der Waals surface area contributed by atoms with Crippen LogP contribution in [-0.4, -0.2) is 39.3 Å². The number of aliphatic hydroxyl groups is 1. The van der Waals surface area contributed by atoms with Crippen molar-refractivity contribution in [2.24, 2.45) is 5.73 Å². The zero-order valence-corrected chi connectivity index (χ0v) is 7.51. The van der Waals surface area contributed by atoms with Crippen LogP contribution in [0.2, 0.25) is 0 Å². The highest BCUT2D eigenvalue weighted by Crippen LogP contribution is 2.27. The number of carbonyl (C=O) groups is 1. The molecule has 0 aromatic rings. The van der Waals surface area contributed by atoms with E-state index in [2.05, 4.69) is 0 Å². The summed E-state index contributed by atoms with van der Waals surface area (Å²) in [6, 6.07) is 0. The highest BCUT2D eigenvalue weighted by atomic mass is 32.2. The SMILES string of the molecule is NC1(C(O)C(=O)O)CCSCC1. The molecule has 70 valence electrons. The van der Waals surface area contributed by atoms with Crippen molar-refractivity contribution in [3.05, 3.63) is 0 Å². The lowest BCUT2D eigenvalue weighted by Gasteiger charge is -2.35. The minimum Gasteiger partial charge on any atom is -0.479 e. The van der Waals surface area contributed by atoms with E-state index in [1.165, 1.54) is 0 Å². The molecule has 0 aromatic heterocycles. The van der Waals surface area contributed by atoms with Crippen molar-refractivity contribution in [2.45, 2.75) is 24.5 Å². The summed E-state index contributed by atoms with van der Waals surface area (Å²) in [7, 11) is 0. The van der Waals surface area contributed by atoms with Crippen molar-refractivity contribution in [1.82, 2.24) is 0 Å². The molecule has 0 radical (unpaired) electrons. The fourth-order valence-electron chi connectivity index (χ4n) is 1.27. The van der Waals surface area contributed by atoms with E-state index in [1.807, 2.05) is 0 Å². The molecule has 1 rings (SSSR count). The number of hydrogen-bond acceptors (Lipinski definition) is 4. The molecule has 4 N–H and O–H groups in total. The molecule has 4 nitrogen and oxygen atoms in total. The van der Waals surface area contributed by atoms with Crippen molar-refractivity contribution < 1.29 is 15.0 Å². The second-order valence-electron chi connectivity index (χ2n) is 3.09. The van der Waals surface area contributed by atoms with Gasteiger partial charge in [0, 0.05) is 0 Å². The Morgan fingerprint density at radius 1 is 1.50 bits per heavy atom. The van der Waals surface area contributed by atoms with Crippen LogP contribution in [0.4, 0.5) is 0 Å². The molecule has 1 saturated heterocycles. The smallest absolute Gasteiger partial charge is 0.334 e. The molecule has 0 spiro atoms. The number of rotatable bonds is 2. The molecule has 0 aromatic carbocycles. The first-order chi connectivity index (χ1) is 5.56. The Bertz CT molecular complexity index is 179. The summed E-state index contributed by atoms with van der Waals surface area (Å²) in [5.74, 6) is 0.450. The summed E-state index contributed by atoms with van der Waals surface area (Å²) in [4.78, 5) is 10.5. The summed E-state index contributed by atoms with van der Waals surface area (Å²) >= 11 is 1.74. The van der Waals surface area contributed by atoms with Gasteiger partial charge in [0.2, 0.25) is 0 Å². The largest absolute Gasteiger partial charge is 0.479 e. The number of nitrogens with two attached hydrogens (primary N) is 1. The van der Waals surface area contributed by atoms with E-state index in [0.29, 0.717) is 12.8 Å². The summed E-state index contributed by atoms with van der Waals surface area (Å²) in [6.07, 6.45) is -0.269. The molecular formula is C7H13NO3S. The molecular weight excluding hydrogens is 178 g/mol. The van der Waals surface area contributed by atoms with E-state index in [0.717, 1.165) is 11.5 Å². The number of carboxylic acid groups (broad SMARTS) is 1. The Hall–Kier alpha value is -0.260. The van der Waals surface area contributed by atoms with Crippen molar-refractivity contribution in [1.29, 1.82) is 0 Å². The van der Waals surface area contributed by atoms with Crippen LogP contribution in [-0.2, 0) is 4.79 Å². The summed E-state index contributed by atoms with van der Waals surface area (Å²) < 4.78 is 0. The van der Waals surface area contributed by atoms with Crippen molar-refractivity contribution in [3.63, 3.8) is 0 Å². The Balaban J connectivity index is 2.62. The van der Waals surface area contributed by atoms with E-state index in [9.17, 15) is 9.90 Å². The maximum absolute atomic E-state index is 10.5. The number of aliphatic carboxylic acids is 1. The summed E-state index contributed by atoms with van der Waals surface area (Å²) in [6.45, 7) is 0. The van der Waals surface area contributed by atoms with Gasteiger partial charge < -0.3 is 15.9 Å². The molecule has 0 saturated carbocycles. The minimum atomic E-state index is -1.42. The molecule has 1 unspecified atom stereocenters. The number of aliphatic hydroxyl groups excluding tert-OH is 1. The van der Waals surface area contributed by atoms with Crippen LogP contribution in [0, 0.1) is 0 Å². The first-order valence-electron chi connectivity index (χ1n) is 3.84. The lowest BCUT2D eigenvalue weighted by molar-refractivity contribution is -0.150. The molecule has 5 heteroatoms. The summed E-state index contributed by atoms with van der Waals surface area (Å²) in [5, 5.41) is 17.8. The van der Waals surface area contributed by atoms with E-state index in [-0.39, 0.29) is 0 Å². The normalized spacial score (nSPS) is 24.8. The van der Waals surface area contributed by atoms with Crippen molar-refractivity contribution >= 4 is 17.7 Å². The zero-order chi connectivity index (χ0) is 9.19. The van der Waals surface area contributed by atoms with Gasteiger partial charge in [-0.05, 0) is 24.3 Å². The summed E-state index contributed by atoms with van der Waals surface area (Å²) in [5.41, 5.74) is 4.85. The number of thioether (sulfide) groups is 1. The molecule has 0 bridgehead atoms. The van der Waals surface area contributed by atoms with Crippen LogP contribution in [0.3, 0.4) is 0 Å². The van der Waals surface area contributed by atoms with Crippen LogP contribution in [0.1, 0.15) is 12.8 Å². The maximum Gasteiger partial charge on any atom is 0.334 e. The van der Waals surface area contributed by atoms with Gasteiger partial charge in [-0.3, -0.25) is 0 Å². The first kappa shape index (κ1) is 9.83. The van der Waals surface area contributed by atoms with Crippen molar-refractivity contribution in [2.75, 3.05) is 11.5 Å². The lowest BCUT2D eigenvalue weighted by atomic mass is 9.87. The third-order valence-corrected chi connectivity index (χ3v) is 3.19. The molecule has 1 atom stereocenters. The van der Waals surface area contributed by atoms with E-state index in [4.69, 9.17) is 10.8 Å². The fraction of sp³-hybridized carbons (Fsp3) is 0.857. The Morgan fingerprint density at radius 3 is 2.42 bits per heavy atom. The average Bonchev–Trinajstić information content (AvgIpc) is 2.04. The average molecular weight is 191 g/mol. The molecule has 12 heavy (non-hydrogen) atoms. The van der Waals surface area contributed by atoms with E-state index < -0.39 is 17.6 Å². The molecule has 1 aliphatic rings. The van der Waals surface area contributed by atoms with Gasteiger partial charge in [0.25, 0.3) is 0 Å². The van der Waals surface area contributed by atoms with Gasteiger partial charge in [0.1, 0.15) is 0 Å². The molecule has 1 aliphatic heterocycles. The predicted molar refractivity (Wildman–Crippen MR) is 47.1 cm³/mol. The quantitative estimate of drug-likeness (QED) is 0.556. The topological polar surface area (TPSA) is 83.5 Å². The van der Waals surface area contributed by atoms with Gasteiger partial charge in [-0.15, -0.1) is 0 Å². The highest BCUT2D eigenvalue weighted by molar-refractivity contribution is 7.99. The van der Waals surface area contributed by atoms with E-state index in [1.54, 1.807) is 11.8 Å². The Labute approximate surface area is 75.1 Å². The number of carboxylic acids is 1. The van der Waals surface area contributed by atoms with Gasteiger partial charge >= 0.3 is 5.97 Å². The van der Waals surface area contributed by atoms with Gasteiger partial charge in [-0.2, -0.15) is 11.8 Å². The standard InChI is InChI=1S/C7H13NO3S/c8-7(5(9)6(10)11)1-3-12-4-2-7/h5,9H,1-4,8H2,(H,10,11). The third-order valence-electron chi connectivity index (χ3n) is 2.20. The van der Waals surface area contributed by atoms with Crippen LogP contribution >= 0.6 is 11.8 Å². The molecule has 1 fully saturated rings. The molecule has 1 heterocycles. The predicted octanol–water partition coefficient (Wildman–Crippen LogP) is -0.344. The Kier molecular flexibility index (Phi) is 2.98. The van der Waals surface area contributed by atoms with Gasteiger partial charge in [-0.1, -0.05) is 0 Å². The molecule has 0 aliphatic carbocycles. The second kappa shape index (κ2) is 3.64. The number of hydrogen-bond donors (Lipinski definition) is 3. The fourth-order valence-corrected chi connectivity index (χ4v) is 2.52. The third kappa shape index (κ3) is 1.91. The lowest BCUT2D eigenvalue weighted by Crippen LogP contribution is -2.56. The Morgan fingerprint density at radius 2 is 2.00 bits per heavy atom. The van der Waals surface area contributed by atoms with Crippen LogP contribution < -0.4 is 5.73 Å². The zero-order valence-electron chi connectivity index (χ0n) is 6.69. The second-order valence-corrected chi connectivity index (χ2v) is 4.31.